The quantitative estimate of drug-likeness (QED) is 0.513. The van der Waals surface area contributed by atoms with Gasteiger partial charge in [-0.05, 0) is 42.8 Å². The fraction of sp³-hybridized carbons (Fsp3) is 0.0476. The first-order valence-electron chi connectivity index (χ1n) is 8.15. The van der Waals surface area contributed by atoms with E-state index in [0.29, 0.717) is 5.52 Å². The molecule has 0 aliphatic rings. The highest BCUT2D eigenvalue weighted by atomic mass is 32.2. The number of nitrogens with zero attached hydrogens (tertiary/aromatic N) is 1. The first-order valence-corrected chi connectivity index (χ1v) is 9.59. The molecule has 0 saturated heterocycles. The SMILES string of the molecule is Cc1ccc(S(=O)(=O)n2cc(-c3ccc(F)cc3)c3ccccc32)cc1. The summed E-state index contributed by atoms with van der Waals surface area (Å²) < 4.78 is 40.9. The zero-order valence-corrected chi connectivity index (χ0v) is 14.9. The van der Waals surface area contributed by atoms with Crippen molar-refractivity contribution in [2.75, 3.05) is 0 Å². The molecule has 4 rings (SSSR count). The predicted octanol–water partition coefficient (Wildman–Crippen LogP) is 4.99. The minimum absolute atomic E-state index is 0.231. The second-order valence-corrected chi connectivity index (χ2v) is 8.00. The Morgan fingerprint density at radius 1 is 0.846 bits per heavy atom. The van der Waals surface area contributed by atoms with E-state index in [9.17, 15) is 12.8 Å². The first kappa shape index (κ1) is 16.5. The van der Waals surface area contributed by atoms with Crippen molar-refractivity contribution in [3.63, 3.8) is 0 Å². The van der Waals surface area contributed by atoms with E-state index >= 15 is 0 Å². The molecule has 0 aliphatic heterocycles. The number of hydrogen-bond acceptors (Lipinski definition) is 2. The van der Waals surface area contributed by atoms with Crippen LogP contribution in [0.15, 0.2) is 83.9 Å². The predicted molar refractivity (Wildman–Crippen MR) is 101 cm³/mol. The summed E-state index contributed by atoms with van der Waals surface area (Å²) in [5.74, 6) is -0.329. The first-order chi connectivity index (χ1) is 12.5. The van der Waals surface area contributed by atoms with Crippen LogP contribution in [0.4, 0.5) is 4.39 Å². The largest absolute Gasteiger partial charge is 0.268 e. The van der Waals surface area contributed by atoms with Gasteiger partial charge in [0.2, 0.25) is 0 Å². The van der Waals surface area contributed by atoms with Crippen LogP contribution in [0.2, 0.25) is 0 Å². The maximum Gasteiger partial charge on any atom is 0.268 e. The molecule has 130 valence electrons. The Labute approximate surface area is 151 Å². The molecule has 1 aromatic heterocycles. The molecule has 0 bridgehead atoms. The number of hydrogen-bond donors (Lipinski definition) is 0. The maximum absolute atomic E-state index is 13.3. The number of rotatable bonds is 3. The van der Waals surface area contributed by atoms with Gasteiger partial charge in [-0.2, -0.15) is 0 Å². The van der Waals surface area contributed by atoms with Gasteiger partial charge in [0.1, 0.15) is 5.82 Å². The Balaban J connectivity index is 1.96. The van der Waals surface area contributed by atoms with Gasteiger partial charge in [-0.25, -0.2) is 16.8 Å². The second kappa shape index (κ2) is 6.11. The Kier molecular flexibility index (Phi) is 3.89. The highest BCUT2D eigenvalue weighted by molar-refractivity contribution is 7.90. The number of fused-ring (bicyclic) bond motifs is 1. The molecule has 0 saturated carbocycles. The van der Waals surface area contributed by atoms with E-state index in [2.05, 4.69) is 0 Å². The lowest BCUT2D eigenvalue weighted by Crippen LogP contribution is -2.11. The van der Waals surface area contributed by atoms with E-state index < -0.39 is 10.0 Å². The highest BCUT2D eigenvalue weighted by Crippen LogP contribution is 2.33. The van der Waals surface area contributed by atoms with Crippen molar-refractivity contribution in [3.05, 3.63) is 90.4 Å². The van der Waals surface area contributed by atoms with Crippen LogP contribution in [-0.4, -0.2) is 12.4 Å². The average molecular weight is 365 g/mol. The normalized spacial score (nSPS) is 11.8. The van der Waals surface area contributed by atoms with Crippen LogP contribution in [0.25, 0.3) is 22.0 Å². The lowest BCUT2D eigenvalue weighted by atomic mass is 10.1. The standard InChI is InChI=1S/C21H16FNO2S/c1-15-6-12-18(13-7-15)26(24,25)23-14-20(16-8-10-17(22)11-9-16)19-4-2-3-5-21(19)23/h2-14H,1H3. The maximum atomic E-state index is 13.3. The van der Waals surface area contributed by atoms with Crippen LogP contribution in [0.3, 0.4) is 0 Å². The van der Waals surface area contributed by atoms with Gasteiger partial charge in [-0.15, -0.1) is 0 Å². The van der Waals surface area contributed by atoms with Crippen molar-refractivity contribution in [3.8, 4) is 11.1 Å². The Morgan fingerprint density at radius 3 is 2.19 bits per heavy atom. The van der Waals surface area contributed by atoms with Crippen molar-refractivity contribution in [2.24, 2.45) is 0 Å². The van der Waals surface area contributed by atoms with Crippen molar-refractivity contribution >= 4 is 20.9 Å². The van der Waals surface area contributed by atoms with Gasteiger partial charge < -0.3 is 0 Å². The van der Waals surface area contributed by atoms with Gasteiger partial charge >= 0.3 is 0 Å². The van der Waals surface area contributed by atoms with Gasteiger partial charge in [0.05, 0.1) is 10.4 Å². The second-order valence-electron chi connectivity index (χ2n) is 6.18. The molecule has 0 spiro atoms. The summed E-state index contributed by atoms with van der Waals surface area (Å²) in [5, 5.41) is 0.801. The van der Waals surface area contributed by atoms with Gasteiger partial charge in [-0.1, -0.05) is 48.0 Å². The zero-order chi connectivity index (χ0) is 18.3. The van der Waals surface area contributed by atoms with E-state index in [1.807, 2.05) is 19.1 Å². The summed E-state index contributed by atoms with van der Waals surface area (Å²) >= 11 is 0. The molecule has 0 aliphatic carbocycles. The average Bonchev–Trinajstić information content (AvgIpc) is 3.03. The van der Waals surface area contributed by atoms with Crippen LogP contribution < -0.4 is 0 Å². The Hall–Kier alpha value is -2.92. The summed E-state index contributed by atoms with van der Waals surface area (Å²) in [6, 6.07) is 20.1. The summed E-state index contributed by atoms with van der Waals surface area (Å²) in [5.41, 5.74) is 3.09. The summed E-state index contributed by atoms with van der Waals surface area (Å²) in [7, 11) is -3.74. The molecule has 0 amide bonds. The molecule has 0 radical (unpaired) electrons. The van der Waals surface area contributed by atoms with Crippen LogP contribution in [0.5, 0.6) is 0 Å². The molecular formula is C21H16FNO2S. The van der Waals surface area contributed by atoms with Crippen molar-refractivity contribution in [1.29, 1.82) is 0 Å². The number of aryl methyl sites for hydroxylation is 1. The lowest BCUT2D eigenvalue weighted by Gasteiger charge is -2.07. The van der Waals surface area contributed by atoms with Gasteiger partial charge in [0.25, 0.3) is 10.0 Å². The van der Waals surface area contributed by atoms with Gasteiger partial charge in [0.15, 0.2) is 0 Å². The highest BCUT2D eigenvalue weighted by Gasteiger charge is 2.21. The van der Waals surface area contributed by atoms with E-state index in [-0.39, 0.29) is 10.7 Å². The van der Waals surface area contributed by atoms with E-state index in [4.69, 9.17) is 0 Å². The molecule has 0 unspecified atom stereocenters. The minimum atomic E-state index is -3.74. The van der Waals surface area contributed by atoms with Crippen LogP contribution in [0.1, 0.15) is 5.56 Å². The topological polar surface area (TPSA) is 39.1 Å². The Morgan fingerprint density at radius 2 is 1.50 bits per heavy atom. The number of halogens is 1. The third-order valence-electron chi connectivity index (χ3n) is 4.41. The zero-order valence-electron chi connectivity index (χ0n) is 14.1. The molecule has 0 atom stereocenters. The molecule has 4 aromatic rings. The van der Waals surface area contributed by atoms with Crippen LogP contribution in [-0.2, 0) is 10.0 Å². The number of para-hydroxylation sites is 1. The molecule has 26 heavy (non-hydrogen) atoms. The molecule has 3 nitrogen and oxygen atoms in total. The van der Waals surface area contributed by atoms with Crippen LogP contribution >= 0.6 is 0 Å². The third kappa shape index (κ3) is 2.70. The summed E-state index contributed by atoms with van der Waals surface area (Å²) in [6.07, 6.45) is 1.60. The summed E-state index contributed by atoms with van der Waals surface area (Å²) in [4.78, 5) is 0.231. The number of benzene rings is 3. The smallest absolute Gasteiger partial charge is 0.241 e. The molecule has 1 heterocycles. The molecule has 0 fully saturated rings. The molecular weight excluding hydrogens is 349 g/mol. The van der Waals surface area contributed by atoms with Crippen LogP contribution in [0, 0.1) is 12.7 Å². The fourth-order valence-corrected chi connectivity index (χ4v) is 4.40. The molecule has 5 heteroatoms. The number of aromatic nitrogens is 1. The third-order valence-corrected chi connectivity index (χ3v) is 6.10. The van der Waals surface area contributed by atoms with E-state index in [0.717, 1.165) is 22.1 Å². The van der Waals surface area contributed by atoms with Crippen molar-refractivity contribution in [1.82, 2.24) is 3.97 Å². The monoisotopic (exact) mass is 365 g/mol. The Bertz CT molecular complexity index is 1190. The van der Waals surface area contributed by atoms with Crippen molar-refractivity contribution < 1.29 is 12.8 Å². The molecule has 3 aromatic carbocycles. The lowest BCUT2D eigenvalue weighted by molar-refractivity contribution is 0.589. The van der Waals surface area contributed by atoms with E-state index in [1.54, 1.807) is 54.7 Å². The minimum Gasteiger partial charge on any atom is -0.241 e. The van der Waals surface area contributed by atoms with Crippen molar-refractivity contribution in [2.45, 2.75) is 11.8 Å². The van der Waals surface area contributed by atoms with Gasteiger partial charge in [-0.3, -0.25) is 0 Å². The summed E-state index contributed by atoms with van der Waals surface area (Å²) in [6.45, 7) is 1.91. The van der Waals surface area contributed by atoms with E-state index in [1.165, 1.54) is 16.1 Å². The fourth-order valence-electron chi connectivity index (χ4n) is 3.03. The van der Waals surface area contributed by atoms with Gasteiger partial charge in [0, 0.05) is 17.1 Å². The molecule has 0 N–H and O–H groups in total.